The van der Waals surface area contributed by atoms with Crippen LogP contribution in [0.1, 0.15) is 41.5 Å². The van der Waals surface area contributed by atoms with Crippen molar-refractivity contribution < 1.29 is 19.1 Å². The van der Waals surface area contributed by atoms with Gasteiger partial charge in [0.15, 0.2) is 0 Å². The fraction of sp³-hybridized carbons (Fsp3) is 0.647. The number of carbonyl (C=O) groups excluding carboxylic acids is 2. The minimum Gasteiger partial charge on any atom is -0.466 e. The number of methoxy groups -OCH3 is 2. The molecule has 0 radical (unpaired) electrons. The zero-order valence-corrected chi connectivity index (χ0v) is 14.3. The second-order valence-electron chi connectivity index (χ2n) is 7.04. The minimum atomic E-state index is -0.414. The van der Waals surface area contributed by atoms with Gasteiger partial charge >= 0.3 is 11.9 Å². The normalized spacial score (nSPS) is 25.9. The van der Waals surface area contributed by atoms with Gasteiger partial charge in [0.1, 0.15) is 0 Å². The number of allylic oxidation sites excluding steroid dienone is 2. The molecular weight excluding hydrogens is 268 g/mol. The first kappa shape index (κ1) is 17.5. The molecule has 0 amide bonds. The molecule has 0 bridgehead atoms. The molecule has 4 heteroatoms. The molecule has 0 saturated heterocycles. The van der Waals surface area contributed by atoms with E-state index in [2.05, 4.69) is 41.5 Å². The van der Waals surface area contributed by atoms with Gasteiger partial charge in [0, 0.05) is 12.2 Å². The standard InChI is InChI=1S/C17H26O4/c1-15(2)11(9-13(18)20-7)12(10-14(19)21-8)16(3,4)17(15,5)6/h9-10H,1-8H3/b11-9+,12-10?. The predicted octanol–water partition coefficient (Wildman–Crippen LogP) is 3.28. The molecule has 0 atom stereocenters. The first-order chi connectivity index (χ1) is 9.43. The van der Waals surface area contributed by atoms with Gasteiger partial charge in [0.2, 0.25) is 0 Å². The third-order valence-corrected chi connectivity index (χ3v) is 5.69. The van der Waals surface area contributed by atoms with Gasteiger partial charge in [-0.05, 0) is 27.4 Å². The molecule has 0 aromatic heterocycles. The second kappa shape index (κ2) is 5.32. The van der Waals surface area contributed by atoms with E-state index in [4.69, 9.17) is 9.47 Å². The van der Waals surface area contributed by atoms with Crippen LogP contribution in [0.5, 0.6) is 0 Å². The third-order valence-electron chi connectivity index (χ3n) is 5.69. The first-order valence-corrected chi connectivity index (χ1v) is 7.04. The van der Waals surface area contributed by atoms with Crippen molar-refractivity contribution in [3.8, 4) is 0 Å². The van der Waals surface area contributed by atoms with E-state index in [0.29, 0.717) is 0 Å². The lowest BCUT2D eigenvalue weighted by Crippen LogP contribution is -2.37. The van der Waals surface area contributed by atoms with Crippen LogP contribution in [0.15, 0.2) is 23.3 Å². The van der Waals surface area contributed by atoms with E-state index in [9.17, 15) is 9.59 Å². The van der Waals surface area contributed by atoms with Crippen LogP contribution in [-0.2, 0) is 19.1 Å². The zero-order valence-electron chi connectivity index (χ0n) is 14.3. The summed E-state index contributed by atoms with van der Waals surface area (Å²) in [7, 11) is 2.70. The van der Waals surface area contributed by atoms with E-state index >= 15 is 0 Å². The fourth-order valence-corrected chi connectivity index (χ4v) is 3.00. The van der Waals surface area contributed by atoms with Crippen molar-refractivity contribution in [1.29, 1.82) is 0 Å². The molecule has 1 aliphatic carbocycles. The number of rotatable bonds is 2. The molecule has 0 spiro atoms. The van der Waals surface area contributed by atoms with Crippen molar-refractivity contribution in [3.63, 3.8) is 0 Å². The van der Waals surface area contributed by atoms with Crippen molar-refractivity contribution in [2.24, 2.45) is 16.2 Å². The molecular formula is C17H26O4. The van der Waals surface area contributed by atoms with Gasteiger partial charge in [-0.15, -0.1) is 0 Å². The van der Waals surface area contributed by atoms with Crippen LogP contribution >= 0.6 is 0 Å². The maximum atomic E-state index is 11.7. The highest BCUT2D eigenvalue weighted by Crippen LogP contribution is 2.67. The topological polar surface area (TPSA) is 52.6 Å². The molecule has 0 aromatic rings. The molecule has 1 saturated carbocycles. The van der Waals surface area contributed by atoms with E-state index in [0.717, 1.165) is 11.1 Å². The Balaban J connectivity index is 3.63. The molecule has 0 aliphatic heterocycles. The highest BCUT2D eigenvalue weighted by atomic mass is 16.5. The summed E-state index contributed by atoms with van der Waals surface area (Å²) in [5, 5.41) is 0. The summed E-state index contributed by atoms with van der Waals surface area (Å²) in [5.41, 5.74) is 0.930. The predicted molar refractivity (Wildman–Crippen MR) is 81.5 cm³/mol. The smallest absolute Gasteiger partial charge is 0.330 e. The monoisotopic (exact) mass is 294 g/mol. The number of esters is 2. The Kier molecular flexibility index (Phi) is 4.42. The third kappa shape index (κ3) is 2.52. The molecule has 1 fully saturated rings. The van der Waals surface area contributed by atoms with Gasteiger partial charge in [-0.1, -0.05) is 41.5 Å². The first-order valence-electron chi connectivity index (χ1n) is 7.04. The van der Waals surface area contributed by atoms with Crippen LogP contribution < -0.4 is 0 Å². The van der Waals surface area contributed by atoms with E-state index in [1.165, 1.54) is 26.4 Å². The summed E-state index contributed by atoms with van der Waals surface area (Å²) >= 11 is 0. The average molecular weight is 294 g/mol. The van der Waals surface area contributed by atoms with Crippen molar-refractivity contribution in [2.75, 3.05) is 14.2 Å². The van der Waals surface area contributed by atoms with Gasteiger partial charge in [-0.3, -0.25) is 0 Å². The summed E-state index contributed by atoms with van der Waals surface area (Å²) in [6.45, 7) is 12.6. The van der Waals surface area contributed by atoms with Crippen LogP contribution in [0, 0.1) is 16.2 Å². The molecule has 0 aromatic carbocycles. The maximum Gasteiger partial charge on any atom is 0.330 e. The highest BCUT2D eigenvalue weighted by Gasteiger charge is 2.59. The average Bonchev–Trinajstić information content (AvgIpc) is 2.48. The molecule has 0 unspecified atom stereocenters. The van der Waals surface area contributed by atoms with Gasteiger partial charge in [-0.25, -0.2) is 9.59 Å². The number of carbonyl (C=O) groups is 2. The van der Waals surface area contributed by atoms with Gasteiger partial charge in [0.05, 0.1) is 14.2 Å². The highest BCUT2D eigenvalue weighted by molar-refractivity contribution is 5.88. The largest absolute Gasteiger partial charge is 0.466 e. The van der Waals surface area contributed by atoms with Crippen LogP contribution in [0.3, 0.4) is 0 Å². The van der Waals surface area contributed by atoms with Crippen LogP contribution in [-0.4, -0.2) is 26.2 Å². The molecule has 4 nitrogen and oxygen atoms in total. The van der Waals surface area contributed by atoms with E-state index in [1.54, 1.807) is 0 Å². The molecule has 21 heavy (non-hydrogen) atoms. The van der Waals surface area contributed by atoms with Crippen LogP contribution in [0.25, 0.3) is 0 Å². The minimum absolute atomic E-state index is 0.153. The lowest BCUT2D eigenvalue weighted by Gasteiger charge is -2.43. The molecule has 0 N–H and O–H groups in total. The SMILES string of the molecule is COC(=O)C=C1/C(=C\C(=O)OC)C(C)(C)C(C)(C)C1(C)C. The van der Waals surface area contributed by atoms with E-state index < -0.39 is 11.9 Å². The Hall–Kier alpha value is -1.58. The molecule has 0 heterocycles. The van der Waals surface area contributed by atoms with Crippen LogP contribution in [0.2, 0.25) is 0 Å². The lowest BCUT2D eigenvalue weighted by atomic mass is 9.60. The second-order valence-corrected chi connectivity index (χ2v) is 7.04. The van der Waals surface area contributed by atoms with Gasteiger partial charge < -0.3 is 9.47 Å². The summed E-state index contributed by atoms with van der Waals surface area (Å²) in [6.07, 6.45) is 2.98. The van der Waals surface area contributed by atoms with Crippen molar-refractivity contribution in [1.82, 2.24) is 0 Å². The lowest BCUT2D eigenvalue weighted by molar-refractivity contribution is -0.136. The Morgan fingerprint density at radius 2 is 1.05 bits per heavy atom. The Bertz CT molecular complexity index is 473. The van der Waals surface area contributed by atoms with E-state index in [-0.39, 0.29) is 16.2 Å². The Labute approximate surface area is 127 Å². The molecule has 1 rings (SSSR count). The zero-order chi connectivity index (χ0) is 16.6. The number of hydrogen-bond acceptors (Lipinski definition) is 4. The van der Waals surface area contributed by atoms with Crippen molar-refractivity contribution >= 4 is 11.9 Å². The van der Waals surface area contributed by atoms with Gasteiger partial charge in [-0.2, -0.15) is 0 Å². The summed E-state index contributed by atoms with van der Waals surface area (Å²) in [6, 6.07) is 0. The van der Waals surface area contributed by atoms with Crippen molar-refractivity contribution in [3.05, 3.63) is 23.3 Å². The molecule has 118 valence electrons. The van der Waals surface area contributed by atoms with Crippen LogP contribution in [0.4, 0.5) is 0 Å². The number of hydrogen-bond donors (Lipinski definition) is 0. The summed E-state index contributed by atoms with van der Waals surface area (Å²) in [5.74, 6) is -0.829. The van der Waals surface area contributed by atoms with Gasteiger partial charge in [0.25, 0.3) is 0 Å². The maximum absolute atomic E-state index is 11.7. The Morgan fingerprint density at radius 1 is 0.762 bits per heavy atom. The summed E-state index contributed by atoms with van der Waals surface area (Å²) < 4.78 is 9.53. The quantitative estimate of drug-likeness (QED) is 0.579. The van der Waals surface area contributed by atoms with E-state index in [1.807, 2.05) is 0 Å². The molecule has 1 aliphatic rings. The number of ether oxygens (including phenoxy) is 2. The summed E-state index contributed by atoms with van der Waals surface area (Å²) in [4.78, 5) is 23.5. The van der Waals surface area contributed by atoms with Crippen molar-refractivity contribution in [2.45, 2.75) is 41.5 Å². The fourth-order valence-electron chi connectivity index (χ4n) is 3.00. The Morgan fingerprint density at radius 3 is 1.29 bits per heavy atom.